The van der Waals surface area contributed by atoms with Crippen molar-refractivity contribution in [2.45, 2.75) is 95.2 Å². The highest BCUT2D eigenvalue weighted by Gasteiger charge is 2.28. The zero-order valence-electron chi connectivity index (χ0n) is 63.0. The molecule has 0 unspecified atom stereocenters. The lowest BCUT2D eigenvalue weighted by Gasteiger charge is -2.24. The molecule has 0 aliphatic carbocycles. The molecule has 38 heteroatoms. The lowest BCUT2D eigenvalue weighted by molar-refractivity contribution is -0.137. The molecule has 34 nitrogen and oxygen atoms in total. The molecule has 13 N–H and O–H groups in total. The van der Waals surface area contributed by atoms with Crippen molar-refractivity contribution in [2.24, 2.45) is 10.3 Å². The van der Waals surface area contributed by atoms with E-state index < -0.39 is 116 Å². The van der Waals surface area contributed by atoms with Crippen molar-refractivity contribution in [1.82, 2.24) is 41.9 Å². The van der Waals surface area contributed by atoms with Gasteiger partial charge in [0.25, 0.3) is 15.9 Å². The third-order valence-electron chi connectivity index (χ3n) is 16.3. The molecule has 4 atom stereocenters. The lowest BCUT2D eigenvalue weighted by Crippen LogP contribution is -2.53. The Morgan fingerprint density at radius 3 is 1.98 bits per heavy atom. The number of nitrogens with zero attached hydrogens (tertiary/aromatic N) is 3. The summed E-state index contributed by atoms with van der Waals surface area (Å²) in [6, 6.07) is 27.4. The molecular weight excluding hydrogens is 1530 g/mol. The Morgan fingerprint density at radius 1 is 0.640 bits per heavy atom. The summed E-state index contributed by atoms with van der Waals surface area (Å²) in [6.45, 7) is 7.89. The standard InChI is InChI=1S/C76H91F2N15O19S2/c1-6-26-79-73(100)88-56-12-10-14-60(41-56)114(105,106)92-57-13-9-11-51(38-57)63(42-67(96)97)89-75(102)87-55-22-20-54(21-23-55)86-74(101)80-27-31-108-33-35-109-34-32-107-30-25-65(94)90-68(47(2)3)71(99)83-48(4)70(98)84-53-18-15-49(16-19-53)45-112-76(103)82-44-66(95)93-113(5,104)46-50-36-58-40-59(37-50)110-28-7-8-29-111-64-39-52(77)17-24-61(64)69-62(78)43-81-72(85-58)91-69/h9-24,36-41,43,47-48,63,68,92H,6-8,25-35,42,44-46H2,1-5H3,(H,82,103)(H,83,99)(H,84,98)(H,90,94)(H,96,97)(H2,79,88,100)(H2,80,86,101)(H,81,85,91)(H2,87,89,102)/t48-,63+,68-,113-/m0/s1. The van der Waals surface area contributed by atoms with E-state index in [0.717, 1.165) is 12.3 Å². The first-order chi connectivity index (χ1) is 54.5. The number of anilines is 7. The molecular formula is C76H91F2N15O19S2. The molecule has 1 aliphatic heterocycles. The van der Waals surface area contributed by atoms with Crippen molar-refractivity contribution >= 4 is 114 Å². The van der Waals surface area contributed by atoms with E-state index in [1.807, 2.05) is 6.92 Å². The van der Waals surface area contributed by atoms with Gasteiger partial charge < -0.3 is 92.0 Å². The molecule has 0 saturated heterocycles. The first-order valence-electron chi connectivity index (χ1n) is 36.1. The summed E-state index contributed by atoms with van der Waals surface area (Å²) in [5.41, 5.74) is 3.07. The first kappa shape index (κ1) is 87.4. The van der Waals surface area contributed by atoms with Gasteiger partial charge in [-0.2, -0.15) is 4.36 Å². The average Bonchev–Trinajstić information content (AvgIpc) is 0.976. The van der Waals surface area contributed by atoms with E-state index in [-0.39, 0.29) is 129 Å². The first-order valence-corrected chi connectivity index (χ1v) is 39.7. The molecule has 7 aromatic rings. The molecule has 4 bridgehead atoms. The van der Waals surface area contributed by atoms with Gasteiger partial charge in [0.05, 0.1) is 91.9 Å². The van der Waals surface area contributed by atoms with Crippen molar-refractivity contribution in [2.75, 3.05) is 110 Å². The zero-order valence-corrected chi connectivity index (χ0v) is 64.7. The number of sulfonamides is 1. The zero-order chi connectivity index (χ0) is 82.2. The van der Waals surface area contributed by atoms with E-state index in [1.54, 1.807) is 56.3 Å². The Bertz CT molecular complexity index is 4770. The van der Waals surface area contributed by atoms with E-state index in [9.17, 15) is 65.3 Å². The number of carboxylic acids is 1. The number of benzene rings is 6. The Labute approximate surface area is 656 Å². The highest BCUT2D eigenvalue weighted by Crippen LogP contribution is 2.34. The summed E-state index contributed by atoms with van der Waals surface area (Å²) >= 11 is 0. The molecule has 2 heterocycles. The molecule has 0 saturated carbocycles. The Balaban J connectivity index is 0.650. The van der Waals surface area contributed by atoms with Gasteiger partial charge in [-0.1, -0.05) is 51.1 Å². The molecule has 1 aliphatic rings. The topological polar surface area (TPSA) is 463 Å². The minimum Gasteiger partial charge on any atom is -0.494 e. The number of hydrogen-bond acceptors (Lipinski definition) is 21. The number of halogens is 2. The predicted octanol–water partition coefficient (Wildman–Crippen LogP) is 9.28. The number of ether oxygens (including phenoxy) is 6. The van der Waals surface area contributed by atoms with Gasteiger partial charge >= 0.3 is 30.2 Å². The number of rotatable bonds is 36. The van der Waals surface area contributed by atoms with Crippen LogP contribution in [0.4, 0.5) is 68.0 Å². The highest BCUT2D eigenvalue weighted by molar-refractivity contribution is 7.93. The SMILES string of the molecule is CCCNC(=O)Nc1cccc(S(=O)(=O)Nc2cccc([C@@H](CC(=O)O)NC(=O)Nc3ccc(NC(=O)NCCOCCOCCOCCC(=O)N[C@H](C(=O)N[C@@H](C)C(=O)Nc4ccc(COC(=O)NCC(=O)N=[S@@](C)(=O)Cc5cc6cc(c5)OCCCCOc5cc(F)ccc5-c5nc(ncc5F)N6)cc4)C(C)C)cc3)c2)c1. The van der Waals surface area contributed by atoms with Gasteiger partial charge in [0, 0.05) is 77.6 Å². The quantitative estimate of drug-likeness (QED) is 0.0163. The summed E-state index contributed by atoms with van der Waals surface area (Å²) in [5, 5.41) is 38.8. The van der Waals surface area contributed by atoms with E-state index in [0.29, 0.717) is 65.4 Å². The number of aromatic nitrogens is 2. The monoisotopic (exact) mass is 1620 g/mol. The molecule has 610 valence electrons. The smallest absolute Gasteiger partial charge is 0.407 e. The van der Waals surface area contributed by atoms with E-state index in [2.05, 4.69) is 77.5 Å². The van der Waals surface area contributed by atoms with Crippen LogP contribution in [-0.4, -0.2) is 172 Å². The number of hydrogen-bond donors (Lipinski definition) is 13. The van der Waals surface area contributed by atoms with Crippen molar-refractivity contribution in [1.29, 1.82) is 0 Å². The average molecular weight is 1620 g/mol. The molecule has 6 aromatic carbocycles. The summed E-state index contributed by atoms with van der Waals surface area (Å²) in [7, 11) is -7.44. The van der Waals surface area contributed by atoms with Crippen molar-refractivity contribution in [3.8, 4) is 22.8 Å². The number of carboxylic acid groups (broad SMARTS) is 1. The summed E-state index contributed by atoms with van der Waals surface area (Å²) in [6.07, 6.45) is 2.40. The van der Waals surface area contributed by atoms with Gasteiger partial charge in [-0.25, -0.2) is 50.6 Å². The summed E-state index contributed by atoms with van der Waals surface area (Å²) in [4.78, 5) is 123. The Morgan fingerprint density at radius 2 is 1.28 bits per heavy atom. The second kappa shape index (κ2) is 43.6. The molecule has 1 aromatic heterocycles. The van der Waals surface area contributed by atoms with E-state index in [4.69, 9.17) is 28.4 Å². The van der Waals surface area contributed by atoms with Crippen LogP contribution in [0, 0.1) is 17.6 Å². The van der Waals surface area contributed by atoms with Gasteiger partial charge in [-0.05, 0) is 140 Å². The second-order valence-corrected chi connectivity index (χ2v) is 30.2. The number of amides is 11. The van der Waals surface area contributed by atoms with Gasteiger partial charge in [0.1, 0.15) is 48.2 Å². The lowest BCUT2D eigenvalue weighted by atomic mass is 10.0. The maximum atomic E-state index is 15.1. The fourth-order valence-electron chi connectivity index (χ4n) is 10.7. The summed E-state index contributed by atoms with van der Waals surface area (Å²) in [5.74, 6) is -5.20. The van der Waals surface area contributed by atoms with Gasteiger partial charge in [0.2, 0.25) is 23.7 Å². The fourth-order valence-corrected chi connectivity index (χ4v) is 13.2. The maximum absolute atomic E-state index is 15.1. The molecule has 0 spiro atoms. The fraction of sp³-hybridized carbons (Fsp3) is 0.355. The highest BCUT2D eigenvalue weighted by atomic mass is 32.2. The van der Waals surface area contributed by atoms with Crippen LogP contribution in [0.1, 0.15) is 82.5 Å². The minimum atomic E-state index is -4.18. The van der Waals surface area contributed by atoms with Crippen LogP contribution in [0.5, 0.6) is 11.5 Å². The van der Waals surface area contributed by atoms with Crippen LogP contribution in [0.25, 0.3) is 11.3 Å². The maximum Gasteiger partial charge on any atom is 0.407 e. The van der Waals surface area contributed by atoms with E-state index >= 15 is 4.39 Å². The molecule has 0 fully saturated rings. The normalized spacial score (nSPS) is 13.2. The Kier molecular flexibility index (Phi) is 33.5. The molecule has 0 radical (unpaired) electrons. The number of carbonyl (C=O) groups excluding carboxylic acids is 8. The van der Waals surface area contributed by atoms with Crippen LogP contribution in [0.15, 0.2) is 149 Å². The van der Waals surface area contributed by atoms with E-state index in [1.165, 1.54) is 98.1 Å². The molecule has 11 amide bonds. The van der Waals surface area contributed by atoms with Crippen molar-refractivity contribution < 1.29 is 98.1 Å². The van der Waals surface area contributed by atoms with Gasteiger partial charge in [-0.3, -0.25) is 28.7 Å². The number of carbonyl (C=O) groups is 9. The number of aliphatic carboxylic acids is 1. The number of fused-ring (bicyclic) bond motifs is 6. The molecule has 114 heavy (non-hydrogen) atoms. The molecule has 8 rings (SSSR count). The van der Waals surface area contributed by atoms with Crippen molar-refractivity contribution in [3.05, 3.63) is 168 Å². The van der Waals surface area contributed by atoms with Crippen LogP contribution in [0.3, 0.4) is 0 Å². The Hall–Kier alpha value is -12.1. The predicted molar refractivity (Wildman–Crippen MR) is 419 cm³/mol. The van der Waals surface area contributed by atoms with Gasteiger partial charge in [-0.15, -0.1) is 0 Å². The van der Waals surface area contributed by atoms with Crippen LogP contribution in [0.2, 0.25) is 0 Å². The third kappa shape index (κ3) is 29.8. The van der Waals surface area contributed by atoms with Crippen LogP contribution >= 0.6 is 0 Å². The minimum absolute atomic E-state index is 0.0212. The van der Waals surface area contributed by atoms with Crippen LogP contribution < -0.4 is 72.7 Å². The number of urea groups is 3. The van der Waals surface area contributed by atoms with Crippen molar-refractivity contribution in [3.63, 3.8) is 0 Å². The van der Waals surface area contributed by atoms with Gasteiger partial charge in [0.15, 0.2) is 5.82 Å². The summed E-state index contributed by atoms with van der Waals surface area (Å²) < 4.78 is 110. The number of alkyl carbamates (subject to hydrolysis) is 1. The largest absolute Gasteiger partial charge is 0.494 e. The number of nitrogens with one attached hydrogen (secondary N) is 12. The second-order valence-electron chi connectivity index (χ2n) is 26.1. The van der Waals surface area contributed by atoms with Crippen LogP contribution in [-0.2, 0) is 75.0 Å². The third-order valence-corrected chi connectivity index (χ3v) is 19.1.